The molecule has 6 nitrogen and oxygen atoms in total. The van der Waals surface area contributed by atoms with E-state index in [4.69, 9.17) is 5.73 Å². The second-order valence-corrected chi connectivity index (χ2v) is 8.55. The van der Waals surface area contributed by atoms with Crippen molar-refractivity contribution in [3.8, 4) is 0 Å². The maximum atomic E-state index is 13.0. The third-order valence-corrected chi connectivity index (χ3v) is 6.96. The van der Waals surface area contributed by atoms with Gasteiger partial charge in [0.15, 0.2) is 0 Å². The average Bonchev–Trinajstić information content (AvgIpc) is 2.64. The van der Waals surface area contributed by atoms with Gasteiger partial charge in [-0.3, -0.25) is 4.79 Å². The quantitative estimate of drug-likeness (QED) is 0.749. The van der Waals surface area contributed by atoms with Gasteiger partial charge in [-0.05, 0) is 49.9 Å². The van der Waals surface area contributed by atoms with Crippen LogP contribution in [0.2, 0.25) is 0 Å². The van der Waals surface area contributed by atoms with Crippen molar-refractivity contribution in [1.29, 1.82) is 0 Å². The molecule has 0 radical (unpaired) electrons. The molecule has 2 rings (SSSR count). The molecule has 0 unspecified atom stereocenters. The minimum Gasteiger partial charge on any atom is -0.342 e. The van der Waals surface area contributed by atoms with Gasteiger partial charge in [0, 0.05) is 25.7 Å². The lowest BCUT2D eigenvalue weighted by atomic mass is 9.80. The molecule has 0 aliphatic carbocycles. The number of rotatable bonds is 7. The number of amides is 1. The van der Waals surface area contributed by atoms with Crippen molar-refractivity contribution in [2.45, 2.75) is 50.5 Å². The number of hydrogen-bond acceptors (Lipinski definition) is 4. The lowest BCUT2D eigenvalue weighted by molar-refractivity contribution is -0.143. The van der Waals surface area contributed by atoms with Crippen molar-refractivity contribution < 1.29 is 17.6 Å². The highest BCUT2D eigenvalue weighted by molar-refractivity contribution is 7.89. The zero-order chi connectivity index (χ0) is 19.4. The molecular weight excluding hydrogens is 357 g/mol. The van der Waals surface area contributed by atoms with Crippen molar-refractivity contribution in [2.24, 2.45) is 11.1 Å². The molecule has 0 atom stereocenters. The predicted molar refractivity (Wildman–Crippen MR) is 98.4 cm³/mol. The fourth-order valence-electron chi connectivity index (χ4n) is 3.37. The highest BCUT2D eigenvalue weighted by Gasteiger charge is 2.38. The Kier molecular flexibility index (Phi) is 6.76. The predicted octanol–water partition coefficient (Wildman–Crippen LogP) is 1.86. The number of nitrogens with one attached hydrogen (secondary N) is 1. The molecule has 1 aliphatic rings. The highest BCUT2D eigenvalue weighted by atomic mass is 32.2. The van der Waals surface area contributed by atoms with Gasteiger partial charge >= 0.3 is 0 Å². The Balaban J connectivity index is 1.98. The molecule has 8 heteroatoms. The maximum absolute atomic E-state index is 13.0. The number of sulfonamides is 1. The van der Waals surface area contributed by atoms with Crippen molar-refractivity contribution in [1.82, 2.24) is 9.62 Å². The molecule has 1 aromatic rings. The van der Waals surface area contributed by atoms with E-state index in [2.05, 4.69) is 4.72 Å². The molecule has 1 amide bonds. The number of nitrogens with zero attached hydrogens (tertiary/aromatic N) is 1. The van der Waals surface area contributed by atoms with E-state index >= 15 is 0 Å². The largest absolute Gasteiger partial charge is 0.342 e. The number of benzene rings is 1. The summed E-state index contributed by atoms with van der Waals surface area (Å²) in [6.45, 7) is 5.25. The maximum Gasteiger partial charge on any atom is 0.240 e. The fraction of sp³-hybridized carbons (Fsp3) is 0.611. The summed E-state index contributed by atoms with van der Waals surface area (Å²) in [6.07, 6.45) is 2.46. The van der Waals surface area contributed by atoms with E-state index in [-0.39, 0.29) is 16.8 Å². The zero-order valence-corrected chi connectivity index (χ0v) is 16.2. The van der Waals surface area contributed by atoms with E-state index in [1.54, 1.807) is 4.90 Å². The molecule has 0 bridgehead atoms. The summed E-state index contributed by atoms with van der Waals surface area (Å²) in [7, 11) is -3.70. The van der Waals surface area contributed by atoms with Crippen LogP contribution in [0.3, 0.4) is 0 Å². The molecule has 0 spiro atoms. The Labute approximate surface area is 155 Å². The van der Waals surface area contributed by atoms with Crippen LogP contribution >= 0.6 is 0 Å². The molecule has 0 aromatic heterocycles. The van der Waals surface area contributed by atoms with Gasteiger partial charge < -0.3 is 10.6 Å². The summed E-state index contributed by atoms with van der Waals surface area (Å²) >= 11 is 0. The summed E-state index contributed by atoms with van der Waals surface area (Å²) in [4.78, 5) is 14.7. The van der Waals surface area contributed by atoms with Gasteiger partial charge in [-0.25, -0.2) is 17.5 Å². The van der Waals surface area contributed by atoms with Crippen LogP contribution in [0.4, 0.5) is 4.39 Å². The first-order valence-corrected chi connectivity index (χ1v) is 10.5. The smallest absolute Gasteiger partial charge is 0.240 e. The Bertz CT molecular complexity index is 701. The Morgan fingerprint density at radius 3 is 2.23 bits per heavy atom. The number of carbonyl (C=O) groups is 1. The van der Waals surface area contributed by atoms with Crippen LogP contribution in [0.1, 0.15) is 39.5 Å². The summed E-state index contributed by atoms with van der Waals surface area (Å²) in [5, 5.41) is 0. The number of carbonyl (C=O) groups excluding carboxylic acids is 1. The van der Waals surface area contributed by atoms with Gasteiger partial charge in [-0.1, -0.05) is 13.8 Å². The topological polar surface area (TPSA) is 92.5 Å². The van der Waals surface area contributed by atoms with Crippen molar-refractivity contribution in [2.75, 3.05) is 19.6 Å². The van der Waals surface area contributed by atoms with Gasteiger partial charge in [-0.15, -0.1) is 0 Å². The Hall–Kier alpha value is -1.51. The van der Waals surface area contributed by atoms with Crippen LogP contribution in [0.25, 0.3) is 0 Å². The summed E-state index contributed by atoms with van der Waals surface area (Å²) < 4.78 is 40.4. The van der Waals surface area contributed by atoms with E-state index in [1.807, 2.05) is 13.8 Å². The molecule has 1 fully saturated rings. The van der Waals surface area contributed by atoms with Gasteiger partial charge in [0.25, 0.3) is 0 Å². The molecule has 1 aliphatic heterocycles. The van der Waals surface area contributed by atoms with E-state index < -0.39 is 21.3 Å². The molecule has 146 valence electrons. The first-order valence-electron chi connectivity index (χ1n) is 9.05. The van der Waals surface area contributed by atoms with Gasteiger partial charge in [-0.2, -0.15) is 0 Å². The first kappa shape index (κ1) is 20.8. The van der Waals surface area contributed by atoms with E-state index in [1.165, 1.54) is 12.1 Å². The van der Waals surface area contributed by atoms with Crippen LogP contribution in [-0.2, 0) is 14.8 Å². The molecule has 26 heavy (non-hydrogen) atoms. The summed E-state index contributed by atoms with van der Waals surface area (Å²) in [5.41, 5.74) is 5.33. The molecule has 1 aromatic carbocycles. The van der Waals surface area contributed by atoms with E-state index in [0.717, 1.165) is 12.1 Å². The highest BCUT2D eigenvalue weighted by Crippen LogP contribution is 2.29. The standard InChI is InChI=1S/C18H28FN3O3S/c1-3-18(4-2,13-20)17(23)22-11-9-15(10-12-22)21-26(24,25)16-7-5-14(19)6-8-16/h5-8,15,21H,3-4,9-13,20H2,1-2H3. The monoisotopic (exact) mass is 385 g/mol. The molecule has 3 N–H and O–H groups in total. The van der Waals surface area contributed by atoms with Gasteiger partial charge in [0.05, 0.1) is 10.3 Å². The summed E-state index contributed by atoms with van der Waals surface area (Å²) in [6, 6.07) is 4.49. The van der Waals surface area contributed by atoms with Crippen LogP contribution < -0.4 is 10.5 Å². The van der Waals surface area contributed by atoms with Crippen molar-refractivity contribution >= 4 is 15.9 Å². The van der Waals surface area contributed by atoms with Crippen molar-refractivity contribution in [3.63, 3.8) is 0 Å². The Morgan fingerprint density at radius 1 is 1.23 bits per heavy atom. The third kappa shape index (κ3) is 4.42. The number of nitrogens with two attached hydrogens (primary N) is 1. The van der Waals surface area contributed by atoms with Crippen LogP contribution in [0, 0.1) is 11.2 Å². The second-order valence-electron chi connectivity index (χ2n) is 6.83. The van der Waals surface area contributed by atoms with Crippen LogP contribution in [-0.4, -0.2) is 44.9 Å². The van der Waals surface area contributed by atoms with Crippen molar-refractivity contribution in [3.05, 3.63) is 30.1 Å². The summed E-state index contributed by atoms with van der Waals surface area (Å²) in [5.74, 6) is -0.421. The number of piperidine rings is 1. The van der Waals surface area contributed by atoms with Crippen LogP contribution in [0.5, 0.6) is 0 Å². The lowest BCUT2D eigenvalue weighted by Gasteiger charge is -2.39. The van der Waals surface area contributed by atoms with Crippen LogP contribution in [0.15, 0.2) is 29.2 Å². The normalized spacial score (nSPS) is 16.7. The molecular formula is C18H28FN3O3S. The molecule has 0 saturated carbocycles. The first-order chi connectivity index (χ1) is 12.3. The number of likely N-dealkylation sites (tertiary alicyclic amines) is 1. The number of halogens is 1. The van der Waals surface area contributed by atoms with E-state index in [9.17, 15) is 17.6 Å². The average molecular weight is 386 g/mol. The minimum absolute atomic E-state index is 0.0384. The van der Waals surface area contributed by atoms with Gasteiger partial charge in [0.1, 0.15) is 5.82 Å². The number of hydrogen-bond donors (Lipinski definition) is 2. The Morgan fingerprint density at radius 2 is 1.77 bits per heavy atom. The van der Waals surface area contributed by atoms with Gasteiger partial charge in [0.2, 0.25) is 15.9 Å². The minimum atomic E-state index is -3.70. The molecule has 1 saturated heterocycles. The SMILES string of the molecule is CCC(CC)(CN)C(=O)N1CCC(NS(=O)(=O)c2ccc(F)cc2)CC1. The fourth-order valence-corrected chi connectivity index (χ4v) is 4.67. The zero-order valence-electron chi connectivity index (χ0n) is 15.4. The third-order valence-electron chi connectivity index (χ3n) is 5.43. The second kappa shape index (κ2) is 8.45. The molecule has 1 heterocycles. The van der Waals surface area contributed by atoms with E-state index in [0.29, 0.717) is 45.3 Å². The lowest BCUT2D eigenvalue weighted by Crippen LogP contribution is -2.52.